The smallest absolute Gasteiger partial charge is 0.407 e. The van der Waals surface area contributed by atoms with Crippen LogP contribution in [0.3, 0.4) is 0 Å². The molecule has 20 heavy (non-hydrogen) atoms. The van der Waals surface area contributed by atoms with E-state index in [1.165, 1.54) is 19.4 Å². The van der Waals surface area contributed by atoms with Crippen molar-refractivity contribution in [2.45, 2.75) is 52.4 Å². The lowest BCUT2D eigenvalue weighted by Crippen LogP contribution is -2.47. The first-order valence-corrected chi connectivity index (χ1v) is 6.62. The van der Waals surface area contributed by atoms with Crippen LogP contribution in [0.1, 0.15) is 34.6 Å². The van der Waals surface area contributed by atoms with Crippen LogP contribution in [0.2, 0.25) is 0 Å². The lowest BCUT2D eigenvalue weighted by Gasteiger charge is -2.27. The molecule has 6 nitrogen and oxygen atoms in total. The predicted octanol–water partition coefficient (Wildman–Crippen LogP) is 2.03. The van der Waals surface area contributed by atoms with Gasteiger partial charge in [-0.25, -0.2) is 4.79 Å². The van der Waals surface area contributed by atoms with Crippen LogP contribution in [0, 0.1) is 5.92 Å². The van der Waals surface area contributed by atoms with Gasteiger partial charge in [0.05, 0.1) is 18.4 Å². The summed E-state index contributed by atoms with van der Waals surface area (Å²) in [6.45, 7) is 9.25. The van der Waals surface area contributed by atoms with E-state index in [9.17, 15) is 9.90 Å². The lowest BCUT2D eigenvalue weighted by molar-refractivity contribution is 0.0174. The fraction of sp³-hybridized carbons (Fsp3) is 0.786. The normalized spacial score (nSPS) is 15.2. The average molecular weight is 289 g/mol. The number of hydrogen-bond donors (Lipinski definition) is 2. The maximum absolute atomic E-state index is 11.7. The average Bonchev–Trinajstić information content (AvgIpc) is 2.28. The van der Waals surface area contributed by atoms with Crippen LogP contribution >= 0.6 is 0 Å². The van der Waals surface area contributed by atoms with E-state index in [1.807, 2.05) is 13.8 Å². The number of nitrogens with one attached hydrogen (secondary N) is 1. The van der Waals surface area contributed by atoms with Gasteiger partial charge in [-0.2, -0.15) is 0 Å². The first-order chi connectivity index (χ1) is 9.17. The zero-order valence-corrected chi connectivity index (χ0v) is 13.2. The molecule has 6 heteroatoms. The summed E-state index contributed by atoms with van der Waals surface area (Å²) < 4.78 is 14.8. The lowest BCUT2D eigenvalue weighted by atomic mass is 9.99. The summed E-state index contributed by atoms with van der Waals surface area (Å²) in [4.78, 5) is 11.7. The van der Waals surface area contributed by atoms with Crippen molar-refractivity contribution in [3.8, 4) is 0 Å². The SMILES string of the molecule is COCO/C=C/[C@H](O)[C@@H](NC(=O)OC(C)(C)C)C(C)C. The van der Waals surface area contributed by atoms with Gasteiger partial charge in [0.15, 0.2) is 6.79 Å². The van der Waals surface area contributed by atoms with Crippen LogP contribution in [0.15, 0.2) is 12.3 Å². The Morgan fingerprint density at radius 1 is 1.35 bits per heavy atom. The van der Waals surface area contributed by atoms with Gasteiger partial charge in [0, 0.05) is 7.11 Å². The molecule has 118 valence electrons. The van der Waals surface area contributed by atoms with E-state index in [1.54, 1.807) is 20.8 Å². The zero-order chi connectivity index (χ0) is 15.8. The topological polar surface area (TPSA) is 77.0 Å². The van der Waals surface area contributed by atoms with E-state index < -0.39 is 23.8 Å². The molecule has 0 aromatic heterocycles. The van der Waals surface area contributed by atoms with Gasteiger partial charge in [-0.05, 0) is 32.8 Å². The van der Waals surface area contributed by atoms with Gasteiger partial charge in [-0.1, -0.05) is 13.8 Å². The Morgan fingerprint density at radius 3 is 2.40 bits per heavy atom. The highest BCUT2D eigenvalue weighted by atomic mass is 16.7. The Kier molecular flexibility index (Phi) is 8.25. The molecule has 0 rings (SSSR count). The van der Waals surface area contributed by atoms with Crippen molar-refractivity contribution >= 4 is 6.09 Å². The molecular formula is C14H27NO5. The number of amides is 1. The van der Waals surface area contributed by atoms with Crippen molar-refractivity contribution in [1.82, 2.24) is 5.32 Å². The molecule has 1 amide bonds. The van der Waals surface area contributed by atoms with E-state index in [-0.39, 0.29) is 12.7 Å². The minimum absolute atomic E-state index is 0.0320. The molecule has 0 radical (unpaired) electrons. The highest BCUT2D eigenvalue weighted by molar-refractivity contribution is 5.68. The highest BCUT2D eigenvalue weighted by Gasteiger charge is 2.25. The molecule has 0 saturated heterocycles. The van der Waals surface area contributed by atoms with Crippen LogP contribution in [0.5, 0.6) is 0 Å². The van der Waals surface area contributed by atoms with Crippen LogP contribution in [0.25, 0.3) is 0 Å². The number of alkyl carbamates (subject to hydrolysis) is 1. The maximum Gasteiger partial charge on any atom is 0.407 e. The third-order valence-corrected chi connectivity index (χ3v) is 2.33. The molecule has 0 aliphatic rings. The Balaban J connectivity index is 4.49. The molecule has 0 unspecified atom stereocenters. The Hall–Kier alpha value is -1.27. The van der Waals surface area contributed by atoms with Crippen molar-refractivity contribution in [3.63, 3.8) is 0 Å². The van der Waals surface area contributed by atoms with E-state index in [4.69, 9.17) is 14.2 Å². The van der Waals surface area contributed by atoms with Crippen LogP contribution in [-0.2, 0) is 14.2 Å². The number of methoxy groups -OCH3 is 1. The summed E-state index contributed by atoms with van der Waals surface area (Å²) in [6.07, 6.45) is 1.38. The molecule has 2 atom stereocenters. The standard InChI is InChI=1S/C14H27NO5/c1-10(2)12(11(16)7-8-19-9-18-6)15-13(17)20-14(3,4)5/h7-8,10-12,16H,9H2,1-6H3,(H,15,17)/b8-7+/t11-,12-/m0/s1. The number of rotatable bonds is 7. The monoisotopic (exact) mass is 289 g/mol. The molecule has 0 aromatic carbocycles. The van der Waals surface area contributed by atoms with Gasteiger partial charge in [0.2, 0.25) is 0 Å². The molecule has 0 heterocycles. The van der Waals surface area contributed by atoms with Gasteiger partial charge in [-0.15, -0.1) is 0 Å². The van der Waals surface area contributed by atoms with Crippen molar-refractivity contribution in [3.05, 3.63) is 12.3 Å². The molecule has 0 aliphatic carbocycles. The number of carbonyl (C=O) groups excluding carboxylic acids is 1. The summed E-state index contributed by atoms with van der Waals surface area (Å²) in [5.74, 6) is 0.0320. The molecule has 0 saturated carbocycles. The van der Waals surface area contributed by atoms with Gasteiger partial charge in [0.1, 0.15) is 5.60 Å². The quantitative estimate of drug-likeness (QED) is 0.426. The summed E-state index contributed by atoms with van der Waals surface area (Å²) in [6, 6.07) is -0.466. The third kappa shape index (κ3) is 8.77. The van der Waals surface area contributed by atoms with E-state index in [0.717, 1.165) is 0 Å². The minimum Gasteiger partial charge on any atom is -0.475 e. The number of carbonyl (C=O) groups is 1. The molecule has 0 aromatic rings. The highest BCUT2D eigenvalue weighted by Crippen LogP contribution is 2.11. The van der Waals surface area contributed by atoms with E-state index >= 15 is 0 Å². The van der Waals surface area contributed by atoms with Crippen molar-refractivity contribution in [2.75, 3.05) is 13.9 Å². The molecule has 0 spiro atoms. The van der Waals surface area contributed by atoms with Gasteiger partial charge in [0.25, 0.3) is 0 Å². The molecule has 0 fully saturated rings. The number of aliphatic hydroxyl groups excluding tert-OH is 1. The Bertz CT molecular complexity index is 309. The Labute approximate surface area is 121 Å². The van der Waals surface area contributed by atoms with Gasteiger partial charge >= 0.3 is 6.09 Å². The van der Waals surface area contributed by atoms with E-state index in [2.05, 4.69) is 5.32 Å². The molecule has 0 bridgehead atoms. The number of ether oxygens (including phenoxy) is 3. The number of aliphatic hydroxyl groups is 1. The number of hydrogen-bond acceptors (Lipinski definition) is 5. The second kappa shape index (κ2) is 8.81. The maximum atomic E-state index is 11.7. The van der Waals surface area contributed by atoms with Crippen molar-refractivity contribution in [2.24, 2.45) is 5.92 Å². The summed E-state index contributed by atoms with van der Waals surface area (Å²) in [5.41, 5.74) is -0.575. The molecule has 0 aliphatic heterocycles. The fourth-order valence-corrected chi connectivity index (χ4v) is 1.45. The fourth-order valence-electron chi connectivity index (χ4n) is 1.45. The summed E-state index contributed by atoms with van der Waals surface area (Å²) in [5, 5.41) is 12.7. The summed E-state index contributed by atoms with van der Waals surface area (Å²) >= 11 is 0. The largest absolute Gasteiger partial charge is 0.475 e. The zero-order valence-electron chi connectivity index (χ0n) is 13.2. The summed E-state index contributed by atoms with van der Waals surface area (Å²) in [7, 11) is 1.51. The minimum atomic E-state index is -0.876. The first-order valence-electron chi connectivity index (χ1n) is 6.62. The van der Waals surface area contributed by atoms with Gasteiger partial charge < -0.3 is 24.6 Å². The van der Waals surface area contributed by atoms with Gasteiger partial charge in [-0.3, -0.25) is 0 Å². The molecule has 2 N–H and O–H groups in total. The van der Waals surface area contributed by atoms with Crippen LogP contribution in [0.4, 0.5) is 4.79 Å². The third-order valence-electron chi connectivity index (χ3n) is 2.33. The second-order valence-corrected chi connectivity index (χ2v) is 5.81. The van der Waals surface area contributed by atoms with Crippen LogP contribution in [-0.4, -0.2) is 42.8 Å². The van der Waals surface area contributed by atoms with Crippen molar-refractivity contribution in [1.29, 1.82) is 0 Å². The second-order valence-electron chi connectivity index (χ2n) is 5.81. The molecular weight excluding hydrogens is 262 g/mol. The predicted molar refractivity (Wildman–Crippen MR) is 76.1 cm³/mol. The van der Waals surface area contributed by atoms with E-state index in [0.29, 0.717) is 0 Å². The van der Waals surface area contributed by atoms with Crippen molar-refractivity contribution < 1.29 is 24.1 Å². The first kappa shape index (κ1) is 18.7. The Morgan fingerprint density at radius 2 is 1.95 bits per heavy atom. The van der Waals surface area contributed by atoms with Crippen LogP contribution < -0.4 is 5.32 Å².